The van der Waals surface area contributed by atoms with Crippen molar-refractivity contribution in [3.8, 4) is 0 Å². The summed E-state index contributed by atoms with van der Waals surface area (Å²) in [7, 11) is 0. The van der Waals surface area contributed by atoms with Crippen LogP contribution in [0.3, 0.4) is 0 Å². The van der Waals surface area contributed by atoms with Gasteiger partial charge in [-0.15, -0.1) is 0 Å². The number of unbranched alkanes of at least 4 members (excludes halogenated alkanes) is 7. The van der Waals surface area contributed by atoms with Gasteiger partial charge in [-0.1, -0.05) is 56.9 Å². The molecule has 1 heteroatoms. The van der Waals surface area contributed by atoms with Gasteiger partial charge in [-0.2, -0.15) is 0 Å². The SMILES string of the molecule is CCCCC=CCCC=CCCCCCCO. The van der Waals surface area contributed by atoms with E-state index in [9.17, 15) is 0 Å². The van der Waals surface area contributed by atoms with Crippen molar-refractivity contribution in [1.82, 2.24) is 0 Å². The summed E-state index contributed by atoms with van der Waals surface area (Å²) < 4.78 is 0. The molecule has 0 amide bonds. The van der Waals surface area contributed by atoms with E-state index in [1.807, 2.05) is 0 Å². The Morgan fingerprint density at radius 1 is 0.647 bits per heavy atom. The maximum Gasteiger partial charge on any atom is 0.0431 e. The minimum Gasteiger partial charge on any atom is -0.396 e. The lowest BCUT2D eigenvalue weighted by Crippen LogP contribution is -1.82. The Morgan fingerprint density at radius 3 is 1.76 bits per heavy atom. The normalized spacial score (nSPS) is 11.9. The van der Waals surface area contributed by atoms with Crippen molar-refractivity contribution in [2.75, 3.05) is 6.61 Å². The monoisotopic (exact) mass is 238 g/mol. The first-order chi connectivity index (χ1) is 8.41. The van der Waals surface area contributed by atoms with E-state index in [0.717, 1.165) is 6.42 Å². The summed E-state index contributed by atoms with van der Waals surface area (Å²) in [6.45, 7) is 2.58. The van der Waals surface area contributed by atoms with E-state index < -0.39 is 0 Å². The fourth-order valence-electron chi connectivity index (χ4n) is 1.71. The second-order valence-corrected chi connectivity index (χ2v) is 4.59. The van der Waals surface area contributed by atoms with Crippen LogP contribution in [0.4, 0.5) is 0 Å². The Bertz CT molecular complexity index is 182. The summed E-state index contributed by atoms with van der Waals surface area (Å²) in [4.78, 5) is 0. The second kappa shape index (κ2) is 15.4. The van der Waals surface area contributed by atoms with Crippen molar-refractivity contribution in [2.24, 2.45) is 0 Å². The third-order valence-corrected chi connectivity index (χ3v) is 2.84. The van der Waals surface area contributed by atoms with Crippen molar-refractivity contribution in [1.29, 1.82) is 0 Å². The molecule has 0 saturated heterocycles. The fourth-order valence-corrected chi connectivity index (χ4v) is 1.71. The molecule has 0 unspecified atom stereocenters. The van der Waals surface area contributed by atoms with E-state index in [-0.39, 0.29) is 0 Å². The zero-order valence-corrected chi connectivity index (χ0v) is 11.5. The van der Waals surface area contributed by atoms with E-state index in [4.69, 9.17) is 5.11 Å². The van der Waals surface area contributed by atoms with Crippen LogP contribution in [0, 0.1) is 0 Å². The molecule has 17 heavy (non-hydrogen) atoms. The van der Waals surface area contributed by atoms with Gasteiger partial charge in [0.1, 0.15) is 0 Å². The maximum absolute atomic E-state index is 8.62. The highest BCUT2D eigenvalue weighted by Gasteiger charge is 1.86. The number of rotatable bonds is 12. The van der Waals surface area contributed by atoms with Crippen molar-refractivity contribution in [3.63, 3.8) is 0 Å². The van der Waals surface area contributed by atoms with E-state index >= 15 is 0 Å². The molecule has 0 spiro atoms. The van der Waals surface area contributed by atoms with Crippen LogP contribution in [0.2, 0.25) is 0 Å². The van der Waals surface area contributed by atoms with Crippen LogP contribution in [-0.4, -0.2) is 11.7 Å². The summed E-state index contributed by atoms with van der Waals surface area (Å²) in [5.74, 6) is 0. The van der Waals surface area contributed by atoms with Crippen molar-refractivity contribution >= 4 is 0 Å². The lowest BCUT2D eigenvalue weighted by Gasteiger charge is -1.95. The fraction of sp³-hybridized carbons (Fsp3) is 0.750. The summed E-state index contributed by atoms with van der Waals surface area (Å²) in [6.07, 6.45) is 21.3. The second-order valence-electron chi connectivity index (χ2n) is 4.59. The predicted octanol–water partition coefficient (Wildman–Crippen LogP) is 5.01. The Kier molecular flexibility index (Phi) is 14.9. The van der Waals surface area contributed by atoms with Crippen LogP contribution in [0.1, 0.15) is 71.1 Å². The average Bonchev–Trinajstić information content (AvgIpc) is 2.35. The Labute approximate surface area is 108 Å². The average molecular weight is 238 g/mol. The molecular weight excluding hydrogens is 208 g/mol. The first-order valence-electron chi connectivity index (χ1n) is 7.32. The van der Waals surface area contributed by atoms with Crippen LogP contribution in [0.15, 0.2) is 24.3 Å². The topological polar surface area (TPSA) is 20.2 Å². The Balaban J connectivity index is 3.11. The summed E-state index contributed by atoms with van der Waals surface area (Å²) in [6, 6.07) is 0. The molecule has 0 bridgehead atoms. The number of aliphatic hydroxyl groups is 1. The maximum atomic E-state index is 8.62. The van der Waals surface area contributed by atoms with E-state index in [1.165, 1.54) is 57.8 Å². The third-order valence-electron chi connectivity index (χ3n) is 2.84. The highest BCUT2D eigenvalue weighted by molar-refractivity contribution is 4.87. The van der Waals surface area contributed by atoms with E-state index in [0.29, 0.717) is 6.61 Å². The van der Waals surface area contributed by atoms with Gasteiger partial charge in [0.15, 0.2) is 0 Å². The summed E-state index contributed by atoms with van der Waals surface area (Å²) in [5, 5.41) is 8.62. The molecule has 0 heterocycles. The van der Waals surface area contributed by atoms with Gasteiger partial charge in [-0.05, 0) is 38.5 Å². The predicted molar refractivity (Wildman–Crippen MR) is 77.2 cm³/mol. The quantitative estimate of drug-likeness (QED) is 0.374. The molecule has 0 rings (SSSR count). The van der Waals surface area contributed by atoms with E-state index in [2.05, 4.69) is 31.2 Å². The van der Waals surface area contributed by atoms with Gasteiger partial charge < -0.3 is 5.11 Å². The first kappa shape index (κ1) is 16.4. The zero-order chi connectivity index (χ0) is 12.6. The highest BCUT2D eigenvalue weighted by atomic mass is 16.2. The van der Waals surface area contributed by atoms with Gasteiger partial charge in [0, 0.05) is 6.61 Å². The molecule has 1 N–H and O–H groups in total. The van der Waals surface area contributed by atoms with Gasteiger partial charge in [0.25, 0.3) is 0 Å². The molecule has 1 nitrogen and oxygen atoms in total. The van der Waals surface area contributed by atoms with Crippen LogP contribution in [0.25, 0.3) is 0 Å². The molecule has 0 aliphatic carbocycles. The van der Waals surface area contributed by atoms with Gasteiger partial charge >= 0.3 is 0 Å². The molecule has 0 fully saturated rings. The van der Waals surface area contributed by atoms with Crippen LogP contribution in [0.5, 0.6) is 0 Å². The lowest BCUT2D eigenvalue weighted by molar-refractivity contribution is 0.282. The van der Waals surface area contributed by atoms with Crippen molar-refractivity contribution in [2.45, 2.75) is 71.1 Å². The molecule has 0 radical (unpaired) electrons. The van der Waals surface area contributed by atoms with Gasteiger partial charge in [0.2, 0.25) is 0 Å². The third kappa shape index (κ3) is 15.4. The lowest BCUT2D eigenvalue weighted by atomic mass is 10.1. The number of allylic oxidation sites excluding steroid dienone is 4. The number of hydrogen-bond acceptors (Lipinski definition) is 1. The highest BCUT2D eigenvalue weighted by Crippen LogP contribution is 2.04. The van der Waals surface area contributed by atoms with Gasteiger partial charge in [-0.3, -0.25) is 0 Å². The van der Waals surface area contributed by atoms with Crippen LogP contribution < -0.4 is 0 Å². The van der Waals surface area contributed by atoms with Crippen LogP contribution in [-0.2, 0) is 0 Å². The van der Waals surface area contributed by atoms with Gasteiger partial charge in [0.05, 0.1) is 0 Å². The molecule has 0 saturated carbocycles. The number of aliphatic hydroxyl groups excluding tert-OH is 1. The van der Waals surface area contributed by atoms with Crippen LogP contribution >= 0.6 is 0 Å². The van der Waals surface area contributed by atoms with Crippen molar-refractivity contribution < 1.29 is 5.11 Å². The summed E-state index contributed by atoms with van der Waals surface area (Å²) in [5.41, 5.74) is 0. The smallest absolute Gasteiger partial charge is 0.0431 e. The standard InChI is InChI=1S/C16H30O/c1-2-3-4-5-6-7-8-9-10-11-12-13-14-15-16-17/h5-6,9-10,17H,2-4,7-8,11-16H2,1H3. The molecule has 0 aromatic heterocycles. The molecule has 0 atom stereocenters. The minimum absolute atomic E-state index is 0.347. The van der Waals surface area contributed by atoms with Crippen molar-refractivity contribution in [3.05, 3.63) is 24.3 Å². The first-order valence-corrected chi connectivity index (χ1v) is 7.32. The zero-order valence-electron chi connectivity index (χ0n) is 11.5. The Morgan fingerprint density at radius 2 is 1.18 bits per heavy atom. The molecule has 100 valence electrons. The largest absolute Gasteiger partial charge is 0.396 e. The van der Waals surface area contributed by atoms with Gasteiger partial charge in [-0.25, -0.2) is 0 Å². The number of hydrogen-bond donors (Lipinski definition) is 1. The molecule has 0 aliphatic rings. The molecule has 0 aliphatic heterocycles. The minimum atomic E-state index is 0.347. The molecular formula is C16H30O. The van der Waals surface area contributed by atoms with E-state index in [1.54, 1.807) is 0 Å². The molecule has 0 aromatic carbocycles. The summed E-state index contributed by atoms with van der Waals surface area (Å²) >= 11 is 0. The molecule has 0 aromatic rings. The Hall–Kier alpha value is -0.560.